The first-order chi connectivity index (χ1) is 9.23. The van der Waals surface area contributed by atoms with Gasteiger partial charge in [0.25, 0.3) is 11.6 Å². The molecule has 20 heavy (non-hydrogen) atoms. The van der Waals surface area contributed by atoms with Crippen molar-refractivity contribution in [2.24, 2.45) is 5.92 Å². The summed E-state index contributed by atoms with van der Waals surface area (Å²) in [6.07, 6.45) is 0. The minimum absolute atomic E-state index is 0.0770. The highest BCUT2D eigenvalue weighted by atomic mass is 16.6. The Morgan fingerprint density at radius 3 is 2.40 bits per heavy atom. The summed E-state index contributed by atoms with van der Waals surface area (Å²) in [6.45, 7) is 8.16. The quantitative estimate of drug-likeness (QED) is 0.664. The summed E-state index contributed by atoms with van der Waals surface area (Å²) >= 11 is 0. The molecule has 6 nitrogen and oxygen atoms in total. The maximum absolute atomic E-state index is 12.5. The topological polar surface area (TPSA) is 83.7 Å². The third-order valence-corrected chi connectivity index (χ3v) is 2.85. The van der Waals surface area contributed by atoms with Crippen LogP contribution in [0.5, 0.6) is 5.75 Å². The van der Waals surface area contributed by atoms with Gasteiger partial charge in [0.1, 0.15) is 11.3 Å². The Balaban J connectivity index is 3.23. The number of nitro benzene ring substituents is 1. The number of hydrogen-bond acceptors (Lipinski definition) is 4. The number of amides is 1. The van der Waals surface area contributed by atoms with E-state index in [2.05, 4.69) is 0 Å². The van der Waals surface area contributed by atoms with Crippen LogP contribution in [0.4, 0.5) is 5.69 Å². The minimum atomic E-state index is -0.611. The predicted molar refractivity (Wildman–Crippen MR) is 75.8 cm³/mol. The van der Waals surface area contributed by atoms with Gasteiger partial charge in [-0.2, -0.15) is 0 Å². The molecular formula is C14H20N2O4. The molecule has 110 valence electrons. The Hall–Kier alpha value is -2.11. The summed E-state index contributed by atoms with van der Waals surface area (Å²) in [5, 5.41) is 20.5. The molecule has 6 heteroatoms. The number of hydrogen-bond donors (Lipinski definition) is 1. The Morgan fingerprint density at radius 1 is 1.35 bits per heavy atom. The van der Waals surface area contributed by atoms with Gasteiger partial charge in [0.15, 0.2) is 0 Å². The van der Waals surface area contributed by atoms with Crippen LogP contribution in [0.2, 0.25) is 0 Å². The molecular weight excluding hydrogens is 260 g/mol. The largest absolute Gasteiger partial charge is 0.508 e. The molecule has 0 heterocycles. The van der Waals surface area contributed by atoms with Crippen LogP contribution in [0, 0.1) is 16.0 Å². The fourth-order valence-electron chi connectivity index (χ4n) is 1.93. The van der Waals surface area contributed by atoms with Crippen LogP contribution in [0.15, 0.2) is 18.2 Å². The van der Waals surface area contributed by atoms with Crippen molar-refractivity contribution < 1.29 is 14.8 Å². The maximum atomic E-state index is 12.5. The van der Waals surface area contributed by atoms with Gasteiger partial charge in [0.2, 0.25) is 0 Å². The van der Waals surface area contributed by atoms with Crippen molar-refractivity contribution in [3.8, 4) is 5.75 Å². The molecule has 0 aromatic heterocycles. The third-order valence-electron chi connectivity index (χ3n) is 2.85. The van der Waals surface area contributed by atoms with Gasteiger partial charge >= 0.3 is 0 Å². The van der Waals surface area contributed by atoms with Gasteiger partial charge in [-0.05, 0) is 31.9 Å². The van der Waals surface area contributed by atoms with Crippen molar-refractivity contribution in [2.45, 2.75) is 33.7 Å². The number of nitro groups is 1. The molecule has 0 radical (unpaired) electrons. The van der Waals surface area contributed by atoms with Crippen LogP contribution in [0.25, 0.3) is 0 Å². The number of nitrogens with zero attached hydrogens (tertiary/aromatic N) is 2. The zero-order valence-electron chi connectivity index (χ0n) is 12.2. The van der Waals surface area contributed by atoms with Gasteiger partial charge < -0.3 is 10.0 Å². The van der Waals surface area contributed by atoms with E-state index in [0.717, 1.165) is 12.1 Å². The van der Waals surface area contributed by atoms with E-state index in [9.17, 15) is 20.0 Å². The molecule has 1 aromatic carbocycles. The molecule has 1 N–H and O–H groups in total. The molecule has 1 rings (SSSR count). The van der Waals surface area contributed by atoms with Crippen LogP contribution in [-0.2, 0) is 0 Å². The number of phenols is 1. The standard InChI is InChI=1S/C14H20N2O4/c1-9(2)8-15(10(3)4)14(18)12-7-11(17)5-6-13(12)16(19)20/h5-7,9-10,17H,8H2,1-4H3. The minimum Gasteiger partial charge on any atom is -0.508 e. The Bertz CT molecular complexity index is 512. The molecule has 0 spiro atoms. The highest BCUT2D eigenvalue weighted by Crippen LogP contribution is 2.25. The molecule has 1 amide bonds. The fraction of sp³-hybridized carbons (Fsp3) is 0.500. The first-order valence-electron chi connectivity index (χ1n) is 6.52. The van der Waals surface area contributed by atoms with Crippen LogP contribution in [-0.4, -0.2) is 33.4 Å². The smallest absolute Gasteiger partial charge is 0.282 e. The van der Waals surface area contributed by atoms with Gasteiger partial charge in [0.05, 0.1) is 4.92 Å². The Morgan fingerprint density at radius 2 is 1.95 bits per heavy atom. The Kier molecular flexibility index (Phi) is 5.07. The van der Waals surface area contributed by atoms with E-state index in [1.54, 1.807) is 4.90 Å². The van der Waals surface area contributed by atoms with Crippen molar-refractivity contribution >= 4 is 11.6 Å². The number of benzene rings is 1. The summed E-state index contributed by atoms with van der Waals surface area (Å²) in [5.74, 6) is -0.346. The van der Waals surface area contributed by atoms with Crippen LogP contribution in [0.1, 0.15) is 38.1 Å². The lowest BCUT2D eigenvalue weighted by Crippen LogP contribution is -2.39. The average molecular weight is 280 g/mol. The molecule has 0 aliphatic rings. The monoisotopic (exact) mass is 280 g/mol. The second-order valence-electron chi connectivity index (χ2n) is 5.40. The number of phenolic OH excluding ortho intramolecular Hbond substituents is 1. The summed E-state index contributed by atoms with van der Waals surface area (Å²) < 4.78 is 0. The molecule has 0 bridgehead atoms. The zero-order chi connectivity index (χ0) is 15.4. The van der Waals surface area contributed by atoms with Crippen molar-refractivity contribution in [1.82, 2.24) is 4.90 Å². The molecule has 0 atom stereocenters. The van der Waals surface area contributed by atoms with Gasteiger partial charge in [-0.1, -0.05) is 13.8 Å². The second-order valence-corrected chi connectivity index (χ2v) is 5.40. The highest BCUT2D eigenvalue weighted by Gasteiger charge is 2.27. The van der Waals surface area contributed by atoms with Crippen molar-refractivity contribution in [2.75, 3.05) is 6.54 Å². The SMILES string of the molecule is CC(C)CN(C(=O)c1cc(O)ccc1[N+](=O)[O-])C(C)C. The van der Waals surface area contributed by atoms with E-state index in [-0.39, 0.29) is 29.0 Å². The van der Waals surface area contributed by atoms with Gasteiger partial charge in [-0.25, -0.2) is 0 Å². The van der Waals surface area contributed by atoms with E-state index < -0.39 is 10.8 Å². The van der Waals surface area contributed by atoms with Gasteiger partial charge in [-0.15, -0.1) is 0 Å². The van der Waals surface area contributed by atoms with Crippen LogP contribution >= 0.6 is 0 Å². The molecule has 0 aliphatic carbocycles. The maximum Gasteiger partial charge on any atom is 0.282 e. The lowest BCUT2D eigenvalue weighted by Gasteiger charge is -2.28. The first kappa shape index (κ1) is 15.9. The van der Waals surface area contributed by atoms with Crippen molar-refractivity contribution in [3.05, 3.63) is 33.9 Å². The molecule has 0 unspecified atom stereocenters. The lowest BCUT2D eigenvalue weighted by atomic mass is 10.1. The number of aromatic hydroxyl groups is 1. The van der Waals surface area contributed by atoms with E-state index in [1.807, 2.05) is 27.7 Å². The first-order valence-corrected chi connectivity index (χ1v) is 6.52. The number of carbonyl (C=O) groups excluding carboxylic acids is 1. The van der Waals surface area contributed by atoms with Gasteiger partial charge in [-0.3, -0.25) is 14.9 Å². The fourth-order valence-corrected chi connectivity index (χ4v) is 1.93. The number of carbonyl (C=O) groups is 1. The third kappa shape index (κ3) is 3.69. The summed E-state index contributed by atoms with van der Waals surface area (Å²) in [4.78, 5) is 24.5. The average Bonchev–Trinajstić information content (AvgIpc) is 2.34. The number of rotatable bonds is 5. The Labute approximate surface area is 118 Å². The van der Waals surface area contributed by atoms with Crippen molar-refractivity contribution in [3.63, 3.8) is 0 Å². The highest BCUT2D eigenvalue weighted by molar-refractivity contribution is 5.98. The molecule has 0 saturated heterocycles. The van der Waals surface area contributed by atoms with E-state index >= 15 is 0 Å². The summed E-state index contributed by atoms with van der Waals surface area (Å²) in [6, 6.07) is 3.43. The van der Waals surface area contributed by atoms with Crippen LogP contribution < -0.4 is 0 Å². The molecule has 0 aliphatic heterocycles. The van der Waals surface area contributed by atoms with E-state index in [4.69, 9.17) is 0 Å². The van der Waals surface area contributed by atoms with Crippen molar-refractivity contribution in [1.29, 1.82) is 0 Å². The predicted octanol–water partition coefficient (Wildman–Crippen LogP) is 2.81. The molecule has 1 aromatic rings. The summed E-state index contributed by atoms with van der Waals surface area (Å²) in [7, 11) is 0. The molecule has 0 fully saturated rings. The summed E-state index contributed by atoms with van der Waals surface area (Å²) in [5.41, 5.74) is -0.369. The molecule has 0 saturated carbocycles. The van der Waals surface area contributed by atoms with Crippen LogP contribution in [0.3, 0.4) is 0 Å². The van der Waals surface area contributed by atoms with E-state index in [0.29, 0.717) is 6.54 Å². The van der Waals surface area contributed by atoms with E-state index in [1.165, 1.54) is 6.07 Å². The normalized spacial score (nSPS) is 10.9. The van der Waals surface area contributed by atoms with Gasteiger partial charge in [0, 0.05) is 18.7 Å². The lowest BCUT2D eigenvalue weighted by molar-refractivity contribution is -0.385. The zero-order valence-corrected chi connectivity index (χ0v) is 12.2. The second kappa shape index (κ2) is 6.36.